The molecule has 1 saturated heterocycles. The van der Waals surface area contributed by atoms with Crippen LogP contribution < -0.4 is 4.74 Å². The van der Waals surface area contributed by atoms with Gasteiger partial charge in [0.15, 0.2) is 0 Å². The molecule has 0 bridgehead atoms. The molecule has 128 valence electrons. The van der Waals surface area contributed by atoms with Crippen molar-refractivity contribution in [2.75, 3.05) is 13.1 Å². The van der Waals surface area contributed by atoms with Crippen LogP contribution in [0.15, 0.2) is 36.9 Å². The number of hydrogen-bond donors (Lipinski definition) is 0. The molecule has 1 aromatic carbocycles. The van der Waals surface area contributed by atoms with E-state index in [2.05, 4.69) is 10.1 Å². The Morgan fingerprint density at radius 3 is 2.96 bits per heavy atom. The topological polar surface area (TPSA) is 60.2 Å². The van der Waals surface area contributed by atoms with Crippen molar-refractivity contribution in [1.82, 2.24) is 19.7 Å². The number of para-hydroxylation sites is 1. The Kier molecular flexibility index (Phi) is 5.13. The molecule has 6 nitrogen and oxygen atoms in total. The normalized spacial score (nSPS) is 18.0. The predicted octanol–water partition coefficient (Wildman–Crippen LogP) is 2.47. The summed E-state index contributed by atoms with van der Waals surface area (Å²) >= 11 is 0. The van der Waals surface area contributed by atoms with Gasteiger partial charge in [0.25, 0.3) is 0 Å². The molecule has 0 aliphatic carbocycles. The van der Waals surface area contributed by atoms with E-state index in [0.29, 0.717) is 13.0 Å². The van der Waals surface area contributed by atoms with Gasteiger partial charge in [-0.05, 0) is 32.8 Å². The van der Waals surface area contributed by atoms with Crippen molar-refractivity contribution in [2.45, 2.75) is 45.3 Å². The first-order valence-electron chi connectivity index (χ1n) is 8.50. The molecule has 0 N–H and O–H groups in total. The average molecular weight is 328 g/mol. The number of nitrogens with zero attached hydrogens (tertiary/aromatic N) is 4. The predicted molar refractivity (Wildman–Crippen MR) is 90.8 cm³/mol. The molecule has 1 aromatic heterocycles. The van der Waals surface area contributed by atoms with Crippen molar-refractivity contribution in [3.05, 3.63) is 42.5 Å². The number of carbonyl (C=O) groups excluding carboxylic acids is 1. The number of aromatic nitrogens is 3. The number of benzene rings is 1. The summed E-state index contributed by atoms with van der Waals surface area (Å²) in [4.78, 5) is 18.7. The molecule has 2 heterocycles. The van der Waals surface area contributed by atoms with E-state index in [0.717, 1.165) is 30.7 Å². The fraction of sp³-hybridized carbons (Fsp3) is 0.500. The zero-order valence-corrected chi connectivity index (χ0v) is 14.3. The summed E-state index contributed by atoms with van der Waals surface area (Å²) in [6.45, 7) is 5.48. The van der Waals surface area contributed by atoms with Crippen LogP contribution in [0, 0.1) is 0 Å². The zero-order valence-electron chi connectivity index (χ0n) is 14.3. The lowest BCUT2D eigenvalue weighted by atomic mass is 10.0. The summed E-state index contributed by atoms with van der Waals surface area (Å²) in [5.41, 5.74) is 0.944. The van der Waals surface area contributed by atoms with Crippen LogP contribution in [-0.2, 0) is 11.2 Å². The number of amides is 1. The number of rotatable bonds is 5. The maximum absolute atomic E-state index is 12.7. The largest absolute Gasteiger partial charge is 0.491 e. The van der Waals surface area contributed by atoms with Crippen molar-refractivity contribution in [3.63, 3.8) is 0 Å². The molecular weight excluding hydrogens is 304 g/mol. The first kappa shape index (κ1) is 16.5. The Bertz CT molecular complexity index is 669. The van der Waals surface area contributed by atoms with E-state index in [1.54, 1.807) is 12.7 Å². The van der Waals surface area contributed by atoms with E-state index in [4.69, 9.17) is 4.74 Å². The van der Waals surface area contributed by atoms with Crippen LogP contribution in [0.2, 0.25) is 0 Å². The number of carbonyl (C=O) groups is 1. The summed E-state index contributed by atoms with van der Waals surface area (Å²) in [5, 5.41) is 4.21. The van der Waals surface area contributed by atoms with Crippen LogP contribution in [-0.4, -0.2) is 44.8 Å². The third kappa shape index (κ3) is 3.93. The fourth-order valence-electron chi connectivity index (χ4n) is 3.10. The highest BCUT2D eigenvalue weighted by atomic mass is 16.5. The van der Waals surface area contributed by atoms with Gasteiger partial charge in [0, 0.05) is 18.7 Å². The monoisotopic (exact) mass is 328 g/mol. The molecular formula is C18H24N4O2. The maximum atomic E-state index is 12.7. The van der Waals surface area contributed by atoms with Crippen LogP contribution in [0.1, 0.15) is 38.3 Å². The van der Waals surface area contributed by atoms with Gasteiger partial charge >= 0.3 is 0 Å². The number of hydrogen-bond acceptors (Lipinski definition) is 4. The number of ether oxygens (including phenoxy) is 1. The Morgan fingerprint density at radius 1 is 1.38 bits per heavy atom. The average Bonchev–Trinajstić information content (AvgIpc) is 3.11. The SMILES string of the molecule is CC(C)Oc1ccccc1CC(=O)N1CCCC(n2cncn2)C1. The first-order chi connectivity index (χ1) is 11.6. The van der Waals surface area contributed by atoms with Crippen LogP contribution in [0.4, 0.5) is 0 Å². The second-order valence-corrected chi connectivity index (χ2v) is 6.46. The molecule has 3 rings (SSSR count). The van der Waals surface area contributed by atoms with E-state index < -0.39 is 0 Å². The van der Waals surface area contributed by atoms with E-state index in [1.807, 2.05) is 47.7 Å². The van der Waals surface area contributed by atoms with Gasteiger partial charge in [-0.2, -0.15) is 5.10 Å². The van der Waals surface area contributed by atoms with Gasteiger partial charge in [0.1, 0.15) is 18.4 Å². The smallest absolute Gasteiger partial charge is 0.227 e. The van der Waals surface area contributed by atoms with Crippen molar-refractivity contribution in [3.8, 4) is 5.75 Å². The van der Waals surface area contributed by atoms with Crippen molar-refractivity contribution < 1.29 is 9.53 Å². The molecule has 1 amide bonds. The minimum atomic E-state index is 0.0907. The molecule has 6 heteroatoms. The second-order valence-electron chi connectivity index (χ2n) is 6.46. The summed E-state index contributed by atoms with van der Waals surface area (Å²) in [6.07, 6.45) is 5.74. The lowest BCUT2D eigenvalue weighted by molar-refractivity contribution is -0.132. The third-order valence-corrected chi connectivity index (χ3v) is 4.24. The van der Waals surface area contributed by atoms with E-state index >= 15 is 0 Å². The summed E-state index contributed by atoms with van der Waals surface area (Å²) in [6, 6.07) is 8.00. The van der Waals surface area contributed by atoms with Gasteiger partial charge in [-0.3, -0.25) is 4.79 Å². The van der Waals surface area contributed by atoms with Gasteiger partial charge in [-0.15, -0.1) is 0 Å². The molecule has 24 heavy (non-hydrogen) atoms. The Hall–Kier alpha value is -2.37. The van der Waals surface area contributed by atoms with Gasteiger partial charge in [-0.1, -0.05) is 18.2 Å². The van der Waals surface area contributed by atoms with Crippen LogP contribution in [0.5, 0.6) is 5.75 Å². The van der Waals surface area contributed by atoms with Gasteiger partial charge in [-0.25, -0.2) is 9.67 Å². The molecule has 0 spiro atoms. The number of piperidine rings is 1. The highest BCUT2D eigenvalue weighted by molar-refractivity contribution is 5.79. The molecule has 1 aliphatic rings. The molecule has 1 fully saturated rings. The van der Waals surface area contributed by atoms with Crippen LogP contribution in [0.3, 0.4) is 0 Å². The highest BCUT2D eigenvalue weighted by Gasteiger charge is 2.25. The number of likely N-dealkylation sites (tertiary alicyclic amines) is 1. The molecule has 0 saturated carbocycles. The molecule has 1 atom stereocenters. The summed E-state index contributed by atoms with van der Waals surface area (Å²) < 4.78 is 7.68. The lowest BCUT2D eigenvalue weighted by Gasteiger charge is -2.32. The Morgan fingerprint density at radius 2 is 2.21 bits per heavy atom. The fourth-order valence-corrected chi connectivity index (χ4v) is 3.10. The highest BCUT2D eigenvalue weighted by Crippen LogP contribution is 2.24. The van der Waals surface area contributed by atoms with Crippen molar-refractivity contribution in [2.24, 2.45) is 0 Å². The first-order valence-corrected chi connectivity index (χ1v) is 8.50. The van der Waals surface area contributed by atoms with E-state index in [9.17, 15) is 4.79 Å². The Labute approximate surface area is 142 Å². The summed E-state index contributed by atoms with van der Waals surface area (Å²) in [5.74, 6) is 0.935. The lowest BCUT2D eigenvalue weighted by Crippen LogP contribution is -2.41. The van der Waals surface area contributed by atoms with Gasteiger partial charge in [0.2, 0.25) is 5.91 Å². The third-order valence-electron chi connectivity index (χ3n) is 4.24. The molecule has 1 unspecified atom stereocenters. The van der Waals surface area contributed by atoms with Crippen LogP contribution >= 0.6 is 0 Å². The van der Waals surface area contributed by atoms with Crippen LogP contribution in [0.25, 0.3) is 0 Å². The standard InChI is InChI=1S/C18H24N4O2/c1-14(2)24-17-8-4-3-6-15(17)10-18(23)21-9-5-7-16(11-21)22-13-19-12-20-22/h3-4,6,8,12-14,16H,5,7,9-11H2,1-2H3. The zero-order chi connectivity index (χ0) is 16.9. The minimum Gasteiger partial charge on any atom is -0.491 e. The van der Waals surface area contributed by atoms with Crippen molar-refractivity contribution >= 4 is 5.91 Å². The second kappa shape index (κ2) is 7.47. The molecule has 2 aromatic rings. The molecule has 1 aliphatic heterocycles. The van der Waals surface area contributed by atoms with Gasteiger partial charge in [0.05, 0.1) is 18.6 Å². The van der Waals surface area contributed by atoms with Gasteiger partial charge < -0.3 is 9.64 Å². The molecule has 0 radical (unpaired) electrons. The quantitative estimate of drug-likeness (QED) is 0.846. The van der Waals surface area contributed by atoms with E-state index in [1.165, 1.54) is 0 Å². The maximum Gasteiger partial charge on any atom is 0.227 e. The van der Waals surface area contributed by atoms with E-state index in [-0.39, 0.29) is 18.1 Å². The van der Waals surface area contributed by atoms with Crippen molar-refractivity contribution in [1.29, 1.82) is 0 Å². The Balaban J connectivity index is 1.66. The minimum absolute atomic E-state index is 0.0907. The summed E-state index contributed by atoms with van der Waals surface area (Å²) in [7, 11) is 0.